The molecule has 0 saturated heterocycles. The van der Waals surface area contributed by atoms with Crippen LogP contribution in [0.1, 0.15) is 0 Å². The summed E-state index contributed by atoms with van der Waals surface area (Å²) in [6.45, 7) is 3.84. The van der Waals surface area contributed by atoms with Crippen LogP contribution in [0, 0.1) is 0 Å². The lowest BCUT2D eigenvalue weighted by atomic mass is 10.8. The molecule has 0 fully saturated rings. The maximum Gasteiger partial charge on any atom is 0.513 e. The Morgan fingerprint density at radius 1 is 1.60 bits per heavy atom. The molecule has 4 nitrogen and oxygen atoms in total. The summed E-state index contributed by atoms with van der Waals surface area (Å²) in [5.74, 6) is 0. The van der Waals surface area contributed by atoms with Gasteiger partial charge in [-0.15, -0.1) is 0 Å². The normalized spacial score (nSPS) is 8.80. The molecule has 0 amide bonds. The van der Waals surface area contributed by atoms with Crippen LogP contribution in [-0.2, 0) is 13.9 Å². The van der Waals surface area contributed by atoms with Crippen LogP contribution in [-0.4, -0.2) is 29.9 Å². The van der Waals surface area contributed by atoms with Crippen LogP contribution >= 0.6 is 0 Å². The van der Waals surface area contributed by atoms with Crippen molar-refractivity contribution in [1.82, 2.24) is 0 Å². The number of rotatable bonds is 4. The van der Waals surface area contributed by atoms with E-state index in [1.165, 1.54) is 0 Å². The molecule has 0 radical (unpaired) electrons. The van der Waals surface area contributed by atoms with Crippen molar-refractivity contribution in [2.24, 2.45) is 0 Å². The zero-order valence-electron chi connectivity index (χ0n) is 5.83. The molecule has 0 aromatic carbocycles. The van der Waals surface area contributed by atoms with Gasteiger partial charge in [-0.2, -0.15) is 0 Å². The third-order valence-electron chi connectivity index (χ3n) is 0.687. The largest absolute Gasteiger partial charge is 0.513 e. The van der Waals surface area contributed by atoms with Gasteiger partial charge in [-0.05, 0) is 0 Å². The molecule has 0 rings (SSSR count). The Kier molecular flexibility index (Phi) is 5.80. The second-order valence-electron chi connectivity index (χ2n) is 1.38. The van der Waals surface area contributed by atoms with Gasteiger partial charge in [-0.1, -0.05) is 6.58 Å². The van der Waals surface area contributed by atoms with Gasteiger partial charge in [-0.25, -0.2) is 4.79 Å². The fraction of sp³-hybridized carbons (Fsp3) is 0.400. The highest BCUT2D eigenvalue weighted by Gasteiger charge is 1.98. The number of hydrogen-bond donors (Lipinski definition) is 0. The van der Waals surface area contributed by atoms with Gasteiger partial charge >= 0.3 is 6.16 Å². The standard InChI is InChI=1S/C5H10O4Si/c1-2-7-5(6)8-3-4-9-10/h2H,1,3-4H2,10H3. The van der Waals surface area contributed by atoms with E-state index >= 15 is 0 Å². The maximum absolute atomic E-state index is 10.4. The number of ether oxygens (including phenoxy) is 2. The molecule has 0 aliphatic heterocycles. The van der Waals surface area contributed by atoms with Crippen LogP contribution < -0.4 is 0 Å². The Balaban J connectivity index is 3.13. The predicted molar refractivity (Wildman–Crippen MR) is 38.5 cm³/mol. The van der Waals surface area contributed by atoms with Crippen molar-refractivity contribution in [3.8, 4) is 0 Å². The first kappa shape index (κ1) is 9.19. The van der Waals surface area contributed by atoms with Crippen molar-refractivity contribution in [2.45, 2.75) is 0 Å². The van der Waals surface area contributed by atoms with E-state index in [0.29, 0.717) is 17.1 Å². The molecule has 10 heavy (non-hydrogen) atoms. The lowest BCUT2D eigenvalue weighted by molar-refractivity contribution is 0.0736. The van der Waals surface area contributed by atoms with Crippen LogP contribution in [0.25, 0.3) is 0 Å². The molecule has 0 atom stereocenters. The van der Waals surface area contributed by atoms with E-state index in [1.54, 1.807) is 0 Å². The quantitative estimate of drug-likeness (QED) is 0.244. The monoisotopic (exact) mass is 162 g/mol. The number of carbonyl (C=O) groups is 1. The van der Waals surface area contributed by atoms with Crippen LogP contribution in [0.15, 0.2) is 12.8 Å². The average molecular weight is 162 g/mol. The molecular weight excluding hydrogens is 152 g/mol. The first-order chi connectivity index (χ1) is 4.81. The molecule has 5 heteroatoms. The highest BCUT2D eigenvalue weighted by molar-refractivity contribution is 5.97. The Hall–Kier alpha value is -0.813. The highest BCUT2D eigenvalue weighted by Crippen LogP contribution is 1.84. The van der Waals surface area contributed by atoms with Crippen molar-refractivity contribution >= 4 is 16.6 Å². The van der Waals surface area contributed by atoms with Gasteiger partial charge in [0.2, 0.25) is 0 Å². The molecule has 58 valence electrons. The Labute approximate surface area is 62.3 Å². The van der Waals surface area contributed by atoms with Crippen LogP contribution in [0.2, 0.25) is 0 Å². The molecule has 0 aromatic heterocycles. The summed E-state index contributed by atoms with van der Waals surface area (Å²) in [6, 6.07) is 0. The van der Waals surface area contributed by atoms with E-state index in [4.69, 9.17) is 4.43 Å². The summed E-state index contributed by atoms with van der Waals surface area (Å²) in [4.78, 5) is 10.4. The third-order valence-corrected chi connectivity index (χ3v) is 1.10. The lowest BCUT2D eigenvalue weighted by Gasteiger charge is -2.00. The fourth-order valence-electron chi connectivity index (χ4n) is 0.310. The Bertz CT molecular complexity index is 114. The molecule has 0 heterocycles. The Morgan fingerprint density at radius 3 is 2.80 bits per heavy atom. The fourth-order valence-corrected chi connectivity index (χ4v) is 0.477. The first-order valence-corrected chi connectivity index (χ1v) is 3.56. The molecule has 0 bridgehead atoms. The summed E-state index contributed by atoms with van der Waals surface area (Å²) in [6.07, 6.45) is 0.276. The summed E-state index contributed by atoms with van der Waals surface area (Å²) in [7, 11) is 0.649. The minimum absolute atomic E-state index is 0.232. The van der Waals surface area contributed by atoms with E-state index in [-0.39, 0.29) is 6.61 Å². The molecule has 0 N–H and O–H groups in total. The van der Waals surface area contributed by atoms with E-state index < -0.39 is 6.16 Å². The summed E-state index contributed by atoms with van der Waals surface area (Å²) in [5, 5.41) is 0. The minimum atomic E-state index is -0.742. The first-order valence-electron chi connectivity index (χ1n) is 2.74. The van der Waals surface area contributed by atoms with E-state index in [1.807, 2.05) is 0 Å². The molecule has 0 unspecified atom stereocenters. The van der Waals surface area contributed by atoms with Crippen molar-refractivity contribution in [2.75, 3.05) is 13.2 Å². The van der Waals surface area contributed by atoms with Crippen molar-refractivity contribution in [1.29, 1.82) is 0 Å². The van der Waals surface area contributed by atoms with Crippen molar-refractivity contribution < 1.29 is 18.7 Å². The van der Waals surface area contributed by atoms with E-state index in [9.17, 15) is 4.79 Å². The molecule has 0 spiro atoms. The predicted octanol–water partition coefficient (Wildman–Crippen LogP) is -0.420. The smallest absolute Gasteiger partial charge is 0.432 e. The van der Waals surface area contributed by atoms with Crippen molar-refractivity contribution in [3.63, 3.8) is 0 Å². The zero-order chi connectivity index (χ0) is 7.82. The van der Waals surface area contributed by atoms with Crippen LogP contribution in [0.3, 0.4) is 0 Å². The second-order valence-corrected chi connectivity index (χ2v) is 1.95. The average Bonchev–Trinajstić information content (AvgIpc) is 1.89. The third kappa shape index (κ3) is 5.33. The lowest BCUT2D eigenvalue weighted by Crippen LogP contribution is -2.08. The van der Waals surface area contributed by atoms with Gasteiger partial charge in [0, 0.05) is 0 Å². The molecule has 0 aliphatic rings. The van der Waals surface area contributed by atoms with Crippen LogP contribution in [0.4, 0.5) is 4.79 Å². The number of hydrogen-bond acceptors (Lipinski definition) is 4. The van der Waals surface area contributed by atoms with Gasteiger partial charge in [0.15, 0.2) is 0 Å². The topological polar surface area (TPSA) is 44.8 Å². The summed E-state index contributed by atoms with van der Waals surface area (Å²) in [5.41, 5.74) is 0. The van der Waals surface area contributed by atoms with Gasteiger partial charge in [0.05, 0.1) is 12.9 Å². The summed E-state index contributed by atoms with van der Waals surface area (Å²) < 4.78 is 13.5. The number of carbonyl (C=O) groups excluding carboxylic acids is 1. The van der Waals surface area contributed by atoms with E-state index in [0.717, 1.165) is 6.26 Å². The van der Waals surface area contributed by atoms with Crippen LogP contribution in [0.5, 0.6) is 0 Å². The summed E-state index contributed by atoms with van der Waals surface area (Å²) >= 11 is 0. The van der Waals surface area contributed by atoms with E-state index in [2.05, 4.69) is 16.1 Å². The van der Waals surface area contributed by atoms with Gasteiger partial charge in [0.1, 0.15) is 17.1 Å². The van der Waals surface area contributed by atoms with Gasteiger partial charge < -0.3 is 13.9 Å². The maximum atomic E-state index is 10.4. The molecule has 0 saturated carbocycles. The van der Waals surface area contributed by atoms with Gasteiger partial charge in [0.25, 0.3) is 0 Å². The SMILES string of the molecule is C=COC(=O)OCCO[SiH3]. The zero-order valence-corrected chi connectivity index (χ0v) is 7.83. The molecule has 0 aliphatic carbocycles. The van der Waals surface area contributed by atoms with Gasteiger partial charge in [-0.3, -0.25) is 0 Å². The minimum Gasteiger partial charge on any atom is -0.432 e. The Morgan fingerprint density at radius 2 is 2.30 bits per heavy atom. The second kappa shape index (κ2) is 6.31. The molecular formula is C5H10O4Si. The highest BCUT2D eigenvalue weighted by atomic mass is 28.2. The molecule has 0 aromatic rings. The van der Waals surface area contributed by atoms with Crippen molar-refractivity contribution in [3.05, 3.63) is 12.8 Å².